The quantitative estimate of drug-likeness (QED) is 0.817. The minimum atomic E-state index is 0.291. The smallest absolute Gasteiger partial charge is 0.142 e. The molecule has 5 heteroatoms. The van der Waals surface area contributed by atoms with Crippen molar-refractivity contribution in [3.63, 3.8) is 0 Å². The van der Waals surface area contributed by atoms with Crippen LogP contribution < -0.4 is 9.64 Å². The molecule has 20 heavy (non-hydrogen) atoms. The second-order valence-corrected chi connectivity index (χ2v) is 5.51. The predicted octanol–water partition coefficient (Wildman–Crippen LogP) is 2.24. The number of aliphatic hydroxyl groups excluding tert-OH is 1. The number of methoxy groups -OCH3 is 1. The number of rotatable bonds is 6. The van der Waals surface area contributed by atoms with Crippen molar-refractivity contribution in [3.05, 3.63) is 23.2 Å². The van der Waals surface area contributed by atoms with Crippen LogP contribution in [0.3, 0.4) is 0 Å². The third-order valence-electron chi connectivity index (χ3n) is 3.74. The Morgan fingerprint density at radius 2 is 1.95 bits per heavy atom. The molecule has 1 fully saturated rings. The summed E-state index contributed by atoms with van der Waals surface area (Å²) in [6.45, 7) is 5.41. The second-order valence-electron chi connectivity index (χ2n) is 5.08. The summed E-state index contributed by atoms with van der Waals surface area (Å²) in [6, 6.07) is 5.75. The highest BCUT2D eigenvalue weighted by atomic mass is 35.5. The molecule has 112 valence electrons. The lowest BCUT2D eigenvalue weighted by Gasteiger charge is -2.36. The van der Waals surface area contributed by atoms with Gasteiger partial charge in [-0.15, -0.1) is 0 Å². The Bertz CT molecular complexity index is 420. The first-order valence-electron chi connectivity index (χ1n) is 7.16. The molecule has 0 saturated carbocycles. The van der Waals surface area contributed by atoms with Crippen molar-refractivity contribution in [1.82, 2.24) is 4.90 Å². The highest BCUT2D eigenvalue weighted by molar-refractivity contribution is 6.30. The van der Waals surface area contributed by atoms with Crippen LogP contribution in [0.4, 0.5) is 5.69 Å². The van der Waals surface area contributed by atoms with Gasteiger partial charge >= 0.3 is 0 Å². The first-order valence-corrected chi connectivity index (χ1v) is 7.54. The molecule has 0 radical (unpaired) electrons. The average Bonchev–Trinajstić information content (AvgIpc) is 2.48. The average molecular weight is 299 g/mol. The molecule has 4 nitrogen and oxygen atoms in total. The van der Waals surface area contributed by atoms with Crippen LogP contribution in [0, 0.1) is 0 Å². The van der Waals surface area contributed by atoms with Crippen molar-refractivity contribution in [2.45, 2.75) is 12.8 Å². The van der Waals surface area contributed by atoms with Crippen LogP contribution in [0.2, 0.25) is 5.02 Å². The van der Waals surface area contributed by atoms with E-state index in [1.54, 1.807) is 7.11 Å². The molecule has 0 amide bonds. The highest BCUT2D eigenvalue weighted by Gasteiger charge is 2.19. The third kappa shape index (κ3) is 4.01. The van der Waals surface area contributed by atoms with E-state index >= 15 is 0 Å². The van der Waals surface area contributed by atoms with Gasteiger partial charge in [0.15, 0.2) is 0 Å². The summed E-state index contributed by atoms with van der Waals surface area (Å²) in [4.78, 5) is 4.77. The molecule has 1 aliphatic heterocycles. The monoisotopic (exact) mass is 298 g/mol. The lowest BCUT2D eigenvalue weighted by molar-refractivity contribution is 0.232. The van der Waals surface area contributed by atoms with Crippen molar-refractivity contribution in [1.29, 1.82) is 0 Å². The van der Waals surface area contributed by atoms with Gasteiger partial charge in [-0.1, -0.05) is 11.6 Å². The van der Waals surface area contributed by atoms with Gasteiger partial charge in [-0.3, -0.25) is 4.90 Å². The number of piperazine rings is 1. The minimum Gasteiger partial charge on any atom is -0.495 e. The SMILES string of the molecule is COc1ccc(Cl)cc1N1CCN(CCCCO)CC1. The van der Waals surface area contributed by atoms with E-state index in [0.29, 0.717) is 6.61 Å². The summed E-state index contributed by atoms with van der Waals surface area (Å²) >= 11 is 6.09. The Labute approximate surface area is 125 Å². The van der Waals surface area contributed by atoms with Crippen LogP contribution in [0.5, 0.6) is 5.75 Å². The van der Waals surface area contributed by atoms with Crippen molar-refractivity contribution < 1.29 is 9.84 Å². The lowest BCUT2D eigenvalue weighted by atomic mass is 10.2. The normalized spacial score (nSPS) is 16.4. The van der Waals surface area contributed by atoms with Gasteiger partial charge in [0, 0.05) is 37.8 Å². The van der Waals surface area contributed by atoms with Gasteiger partial charge in [0.2, 0.25) is 0 Å². The van der Waals surface area contributed by atoms with E-state index in [-0.39, 0.29) is 0 Å². The fourth-order valence-corrected chi connectivity index (χ4v) is 2.74. The fourth-order valence-electron chi connectivity index (χ4n) is 2.57. The van der Waals surface area contributed by atoms with E-state index in [1.807, 2.05) is 18.2 Å². The van der Waals surface area contributed by atoms with Crippen molar-refractivity contribution >= 4 is 17.3 Å². The van der Waals surface area contributed by atoms with Crippen LogP contribution in [-0.2, 0) is 0 Å². The Hall–Kier alpha value is -0.970. The van der Waals surface area contributed by atoms with E-state index in [0.717, 1.165) is 62.0 Å². The summed E-state index contributed by atoms with van der Waals surface area (Å²) in [5, 5.41) is 9.56. The Balaban J connectivity index is 1.91. The van der Waals surface area contributed by atoms with E-state index in [1.165, 1.54) is 0 Å². The van der Waals surface area contributed by atoms with Crippen LogP contribution >= 0.6 is 11.6 Å². The van der Waals surface area contributed by atoms with Gasteiger partial charge in [0.25, 0.3) is 0 Å². The van der Waals surface area contributed by atoms with Gasteiger partial charge in [-0.05, 0) is 37.6 Å². The molecule has 1 aromatic carbocycles. The second kappa shape index (κ2) is 7.72. The van der Waals surface area contributed by atoms with Gasteiger partial charge in [-0.2, -0.15) is 0 Å². The molecular weight excluding hydrogens is 276 g/mol. The zero-order valence-corrected chi connectivity index (χ0v) is 12.8. The van der Waals surface area contributed by atoms with E-state index in [2.05, 4.69) is 9.80 Å². The maximum Gasteiger partial charge on any atom is 0.142 e. The summed E-state index contributed by atoms with van der Waals surface area (Å²) in [5.41, 5.74) is 1.08. The Morgan fingerprint density at radius 1 is 1.20 bits per heavy atom. The maximum atomic E-state index is 8.82. The van der Waals surface area contributed by atoms with Crippen molar-refractivity contribution in [2.75, 3.05) is 51.3 Å². The largest absolute Gasteiger partial charge is 0.495 e. The number of benzene rings is 1. The van der Waals surface area contributed by atoms with Gasteiger partial charge in [0.05, 0.1) is 12.8 Å². The number of unbranched alkanes of at least 4 members (excludes halogenated alkanes) is 1. The van der Waals surface area contributed by atoms with Crippen LogP contribution in [0.25, 0.3) is 0 Å². The number of anilines is 1. The molecule has 1 N–H and O–H groups in total. The summed E-state index contributed by atoms with van der Waals surface area (Å²) in [6.07, 6.45) is 1.96. The molecule has 0 atom stereocenters. The Morgan fingerprint density at radius 3 is 2.60 bits per heavy atom. The number of hydrogen-bond donors (Lipinski definition) is 1. The molecule has 0 spiro atoms. The standard InChI is InChI=1S/C15H23ClN2O2/c1-20-15-5-4-13(16)12-14(15)18-9-7-17(8-10-18)6-2-3-11-19/h4-5,12,19H,2-3,6-11H2,1H3. The summed E-state index contributed by atoms with van der Waals surface area (Å²) in [7, 11) is 1.69. The number of ether oxygens (including phenoxy) is 1. The predicted molar refractivity (Wildman–Crippen MR) is 83.0 cm³/mol. The summed E-state index contributed by atoms with van der Waals surface area (Å²) < 4.78 is 5.42. The first kappa shape index (κ1) is 15.4. The molecule has 0 aromatic heterocycles. The fraction of sp³-hybridized carbons (Fsp3) is 0.600. The minimum absolute atomic E-state index is 0.291. The molecule has 1 heterocycles. The molecule has 1 saturated heterocycles. The molecule has 0 unspecified atom stereocenters. The van der Waals surface area contributed by atoms with Crippen molar-refractivity contribution in [2.24, 2.45) is 0 Å². The van der Waals surface area contributed by atoms with Gasteiger partial charge in [0.1, 0.15) is 5.75 Å². The van der Waals surface area contributed by atoms with Crippen LogP contribution in [-0.4, -0.2) is 56.4 Å². The summed E-state index contributed by atoms with van der Waals surface area (Å²) in [5.74, 6) is 0.878. The van der Waals surface area contributed by atoms with E-state index in [9.17, 15) is 0 Å². The van der Waals surface area contributed by atoms with Crippen LogP contribution in [0.15, 0.2) is 18.2 Å². The van der Waals surface area contributed by atoms with Crippen molar-refractivity contribution in [3.8, 4) is 5.75 Å². The number of hydrogen-bond acceptors (Lipinski definition) is 4. The maximum absolute atomic E-state index is 8.82. The van der Waals surface area contributed by atoms with Gasteiger partial charge in [-0.25, -0.2) is 0 Å². The number of aliphatic hydroxyl groups is 1. The number of halogens is 1. The molecule has 2 rings (SSSR count). The Kier molecular flexibility index (Phi) is 5.95. The molecular formula is C15H23ClN2O2. The third-order valence-corrected chi connectivity index (χ3v) is 3.97. The zero-order valence-electron chi connectivity index (χ0n) is 12.0. The number of nitrogens with zero attached hydrogens (tertiary/aromatic N) is 2. The molecule has 1 aliphatic rings. The molecule has 0 bridgehead atoms. The van der Waals surface area contributed by atoms with E-state index in [4.69, 9.17) is 21.4 Å². The molecule has 1 aromatic rings. The van der Waals surface area contributed by atoms with Gasteiger partial charge < -0.3 is 14.7 Å². The first-order chi connectivity index (χ1) is 9.74. The topological polar surface area (TPSA) is 35.9 Å². The molecule has 0 aliphatic carbocycles. The highest BCUT2D eigenvalue weighted by Crippen LogP contribution is 2.31. The lowest BCUT2D eigenvalue weighted by Crippen LogP contribution is -2.46. The van der Waals surface area contributed by atoms with E-state index < -0.39 is 0 Å². The van der Waals surface area contributed by atoms with Crippen LogP contribution in [0.1, 0.15) is 12.8 Å². The zero-order chi connectivity index (χ0) is 14.4.